The first-order valence-corrected chi connectivity index (χ1v) is 8.47. The van der Waals surface area contributed by atoms with Gasteiger partial charge in [-0.2, -0.15) is 0 Å². The van der Waals surface area contributed by atoms with Crippen molar-refractivity contribution in [2.24, 2.45) is 0 Å². The Morgan fingerprint density at radius 2 is 1.55 bits per heavy atom. The minimum absolute atomic E-state index is 0.190. The van der Waals surface area contributed by atoms with Crippen LogP contribution in [0.2, 0.25) is 0 Å². The van der Waals surface area contributed by atoms with Gasteiger partial charge in [-0.3, -0.25) is 0 Å². The van der Waals surface area contributed by atoms with Gasteiger partial charge < -0.3 is 10.1 Å². The van der Waals surface area contributed by atoms with Crippen LogP contribution in [0.15, 0.2) is 12.1 Å². The van der Waals surface area contributed by atoms with Gasteiger partial charge in [0.15, 0.2) is 0 Å². The Morgan fingerprint density at radius 3 is 1.95 bits per heavy atom. The van der Waals surface area contributed by atoms with Gasteiger partial charge in [0.1, 0.15) is 0 Å². The highest BCUT2D eigenvalue weighted by molar-refractivity contribution is 5.93. The molecule has 0 unspecified atom stereocenters. The zero-order valence-electron chi connectivity index (χ0n) is 14.1. The summed E-state index contributed by atoms with van der Waals surface area (Å²) in [5.74, 6) is 0.217. The highest BCUT2D eigenvalue weighted by Gasteiger charge is 2.24. The van der Waals surface area contributed by atoms with E-state index in [1.165, 1.54) is 37.7 Å². The van der Waals surface area contributed by atoms with E-state index in [-0.39, 0.29) is 11.8 Å². The highest BCUT2D eigenvalue weighted by Crippen LogP contribution is 2.37. The van der Waals surface area contributed by atoms with Crippen LogP contribution >= 0.6 is 0 Å². The number of benzene rings is 1. The molecule has 0 saturated heterocycles. The van der Waals surface area contributed by atoms with E-state index in [0.29, 0.717) is 11.5 Å². The van der Waals surface area contributed by atoms with E-state index in [4.69, 9.17) is 0 Å². The summed E-state index contributed by atoms with van der Waals surface area (Å²) in [4.78, 5) is 15.8. The first-order valence-electron chi connectivity index (χ1n) is 8.47. The summed E-state index contributed by atoms with van der Waals surface area (Å²) in [5, 5.41) is 10.7. The standard InChI is InChI=1S/C19H28O3/c1-12(2)16-10-15(14-8-6-5-7-9-14)11-17(13(3)4)18(16)19(20)22-21/h10-14,21H,5-9H2,1-4H3/p-1. The van der Waals surface area contributed by atoms with E-state index >= 15 is 0 Å². The molecule has 0 spiro atoms. The maximum absolute atomic E-state index is 12.0. The lowest BCUT2D eigenvalue weighted by molar-refractivity contribution is -0.653. The van der Waals surface area contributed by atoms with Crippen LogP contribution in [0.1, 0.15) is 105 Å². The third-order valence-electron chi connectivity index (χ3n) is 4.82. The molecule has 1 aliphatic carbocycles. The van der Waals surface area contributed by atoms with Gasteiger partial charge in [-0.25, -0.2) is 4.79 Å². The summed E-state index contributed by atoms with van der Waals surface area (Å²) in [7, 11) is 0. The summed E-state index contributed by atoms with van der Waals surface area (Å²) < 4.78 is 0. The quantitative estimate of drug-likeness (QED) is 0.611. The minimum atomic E-state index is -0.748. The number of carbonyl (C=O) groups is 1. The molecular formula is C19H27O3-. The zero-order valence-corrected chi connectivity index (χ0v) is 14.1. The fraction of sp³-hybridized carbons (Fsp3) is 0.632. The van der Waals surface area contributed by atoms with Crippen molar-refractivity contribution in [3.63, 3.8) is 0 Å². The molecule has 0 bridgehead atoms. The van der Waals surface area contributed by atoms with Crippen molar-refractivity contribution in [1.82, 2.24) is 0 Å². The molecular weight excluding hydrogens is 276 g/mol. The Labute approximate surface area is 133 Å². The molecule has 0 heterocycles. The third-order valence-corrected chi connectivity index (χ3v) is 4.82. The zero-order chi connectivity index (χ0) is 16.3. The third kappa shape index (κ3) is 3.52. The molecule has 1 aromatic carbocycles. The SMILES string of the molecule is CC(C)c1cc(C2CCCCC2)cc(C(C)C)c1C(=O)O[O-]. The van der Waals surface area contributed by atoms with Crippen molar-refractivity contribution < 1.29 is 14.9 Å². The average Bonchev–Trinajstić information content (AvgIpc) is 2.53. The van der Waals surface area contributed by atoms with Crippen molar-refractivity contribution in [1.29, 1.82) is 0 Å². The van der Waals surface area contributed by atoms with Gasteiger partial charge in [0.2, 0.25) is 0 Å². The van der Waals surface area contributed by atoms with Gasteiger partial charge in [0, 0.05) is 0 Å². The molecule has 2 rings (SSSR count). The Morgan fingerprint density at radius 1 is 1.05 bits per heavy atom. The normalized spacial score (nSPS) is 16.3. The lowest BCUT2D eigenvalue weighted by atomic mass is 9.79. The van der Waals surface area contributed by atoms with Gasteiger partial charge in [0.25, 0.3) is 0 Å². The van der Waals surface area contributed by atoms with Crippen molar-refractivity contribution in [2.75, 3.05) is 0 Å². The smallest absolute Gasteiger partial charge is 0.332 e. The van der Waals surface area contributed by atoms with Gasteiger partial charge in [-0.15, -0.1) is 0 Å². The molecule has 0 aromatic heterocycles. The minimum Gasteiger partial charge on any atom is -0.661 e. The predicted octanol–water partition coefficient (Wildman–Crippen LogP) is 4.41. The van der Waals surface area contributed by atoms with E-state index in [9.17, 15) is 10.1 Å². The molecule has 3 nitrogen and oxygen atoms in total. The lowest BCUT2D eigenvalue weighted by Crippen LogP contribution is -2.20. The van der Waals surface area contributed by atoms with Gasteiger partial charge in [0.05, 0.1) is 5.56 Å². The first-order chi connectivity index (χ1) is 10.5. The second-order valence-corrected chi connectivity index (χ2v) is 7.09. The summed E-state index contributed by atoms with van der Waals surface area (Å²) >= 11 is 0. The summed E-state index contributed by atoms with van der Waals surface area (Å²) in [6, 6.07) is 4.28. The fourth-order valence-electron chi connectivity index (χ4n) is 3.57. The fourth-order valence-corrected chi connectivity index (χ4v) is 3.57. The maximum atomic E-state index is 12.0. The number of carbonyl (C=O) groups excluding carboxylic acids is 1. The summed E-state index contributed by atoms with van der Waals surface area (Å²) in [6.45, 7) is 8.24. The largest absolute Gasteiger partial charge is 0.661 e. The second-order valence-electron chi connectivity index (χ2n) is 7.09. The molecule has 0 amide bonds. The second kappa shape index (κ2) is 7.28. The molecule has 0 radical (unpaired) electrons. The van der Waals surface area contributed by atoms with E-state index in [2.05, 4.69) is 44.7 Å². The Kier molecular flexibility index (Phi) is 5.63. The van der Waals surface area contributed by atoms with E-state index < -0.39 is 5.97 Å². The van der Waals surface area contributed by atoms with E-state index in [1.54, 1.807) is 0 Å². The number of hydrogen-bond acceptors (Lipinski definition) is 3. The molecule has 0 aliphatic heterocycles. The van der Waals surface area contributed by atoms with Gasteiger partial charge in [-0.05, 0) is 47.3 Å². The lowest BCUT2D eigenvalue weighted by Gasteiger charge is -2.26. The van der Waals surface area contributed by atoms with Crippen LogP contribution in [-0.2, 0) is 4.89 Å². The molecule has 1 aromatic rings. The highest BCUT2D eigenvalue weighted by atomic mass is 17.1. The molecule has 0 N–H and O–H groups in total. The molecule has 22 heavy (non-hydrogen) atoms. The van der Waals surface area contributed by atoms with Crippen molar-refractivity contribution in [3.05, 3.63) is 34.4 Å². The summed E-state index contributed by atoms with van der Waals surface area (Å²) in [6.07, 6.45) is 6.33. The van der Waals surface area contributed by atoms with Crippen LogP contribution in [-0.4, -0.2) is 5.97 Å². The van der Waals surface area contributed by atoms with Crippen LogP contribution in [0.25, 0.3) is 0 Å². The van der Waals surface area contributed by atoms with E-state index in [1.807, 2.05) is 0 Å². The number of hydrogen-bond donors (Lipinski definition) is 0. The average molecular weight is 303 g/mol. The monoisotopic (exact) mass is 303 g/mol. The van der Waals surface area contributed by atoms with Gasteiger partial charge in [-0.1, -0.05) is 59.1 Å². The summed E-state index contributed by atoms with van der Waals surface area (Å²) in [5.41, 5.74) is 3.72. The van der Waals surface area contributed by atoms with Crippen molar-refractivity contribution >= 4 is 5.97 Å². The molecule has 3 heteroatoms. The van der Waals surface area contributed by atoms with Gasteiger partial charge >= 0.3 is 5.97 Å². The van der Waals surface area contributed by atoms with Crippen LogP contribution in [0.5, 0.6) is 0 Å². The van der Waals surface area contributed by atoms with Crippen molar-refractivity contribution in [3.8, 4) is 0 Å². The van der Waals surface area contributed by atoms with Crippen LogP contribution in [0, 0.1) is 0 Å². The topological polar surface area (TPSA) is 49.4 Å². The van der Waals surface area contributed by atoms with Crippen LogP contribution < -0.4 is 5.26 Å². The maximum Gasteiger partial charge on any atom is 0.332 e. The molecule has 0 atom stereocenters. The Balaban J connectivity index is 2.56. The molecule has 122 valence electrons. The number of rotatable bonds is 4. The molecule has 1 aliphatic rings. The van der Waals surface area contributed by atoms with Crippen LogP contribution in [0.4, 0.5) is 0 Å². The predicted molar refractivity (Wildman–Crippen MR) is 85.9 cm³/mol. The van der Waals surface area contributed by atoms with Crippen molar-refractivity contribution in [2.45, 2.75) is 77.6 Å². The first kappa shape index (κ1) is 17.0. The van der Waals surface area contributed by atoms with Crippen LogP contribution in [0.3, 0.4) is 0 Å². The Hall–Kier alpha value is -1.35. The molecule has 1 saturated carbocycles. The molecule has 1 fully saturated rings. The van der Waals surface area contributed by atoms with E-state index in [0.717, 1.165) is 11.1 Å². The Bertz CT molecular complexity index is 496.